The number of nitrogens with one attached hydrogen (secondary N) is 1. The third-order valence-electron chi connectivity index (χ3n) is 1.21. The van der Waals surface area contributed by atoms with E-state index in [1.165, 1.54) is 5.57 Å². The van der Waals surface area contributed by atoms with Crippen LogP contribution in [0.5, 0.6) is 0 Å². The second-order valence-electron chi connectivity index (χ2n) is 2.75. The zero-order chi connectivity index (χ0) is 7.98. The molecular weight excluding hydrogens is 129 g/mol. The summed E-state index contributed by atoms with van der Waals surface area (Å²) in [7, 11) is 0. The average molecular weight is 145 g/mol. The molecule has 1 N–H and O–H groups in total. The van der Waals surface area contributed by atoms with Crippen LogP contribution in [0.25, 0.3) is 0 Å². The fourth-order valence-electron chi connectivity index (χ4n) is 0.519. The molecule has 0 spiro atoms. The highest BCUT2D eigenvalue weighted by Gasteiger charge is 1.95. The minimum Gasteiger partial charge on any atom is -0.308 e. The highest BCUT2D eigenvalue weighted by molar-refractivity contribution is 4.94. The van der Waals surface area contributed by atoms with Gasteiger partial charge in [0, 0.05) is 12.6 Å². The summed E-state index contributed by atoms with van der Waals surface area (Å²) in [4.78, 5) is 0. The molecule has 0 aromatic rings. The first-order valence-electron chi connectivity index (χ1n) is 3.59. The van der Waals surface area contributed by atoms with Gasteiger partial charge in [-0.3, -0.25) is 0 Å². The lowest BCUT2D eigenvalue weighted by molar-refractivity contribution is 0.402. The summed E-state index contributed by atoms with van der Waals surface area (Å²) in [5.74, 6) is 0. The van der Waals surface area contributed by atoms with Crippen molar-refractivity contribution in [2.24, 2.45) is 0 Å². The maximum absolute atomic E-state index is 11.8. The number of allylic oxidation sites excluding steroid dienone is 1. The molecule has 0 aliphatic heterocycles. The molecule has 0 saturated heterocycles. The Hall–Kier alpha value is -0.370. The Bertz CT molecular complexity index is 106. The zero-order valence-corrected chi connectivity index (χ0v) is 6.95. The van der Waals surface area contributed by atoms with Gasteiger partial charge in [0.15, 0.2) is 0 Å². The van der Waals surface area contributed by atoms with Crippen LogP contribution < -0.4 is 5.32 Å². The zero-order valence-electron chi connectivity index (χ0n) is 6.95. The molecule has 60 valence electrons. The molecule has 0 fully saturated rings. The van der Waals surface area contributed by atoms with Gasteiger partial charge in [0.25, 0.3) is 0 Å². The van der Waals surface area contributed by atoms with Gasteiger partial charge in [0.1, 0.15) is 6.67 Å². The molecule has 10 heavy (non-hydrogen) atoms. The molecule has 0 heterocycles. The number of hydrogen-bond acceptors (Lipinski definition) is 1. The summed E-state index contributed by atoms with van der Waals surface area (Å²) in [5.41, 5.74) is 1.26. The van der Waals surface area contributed by atoms with Crippen molar-refractivity contribution in [3.05, 3.63) is 11.6 Å². The first-order valence-corrected chi connectivity index (χ1v) is 3.59. The fraction of sp³-hybridized carbons (Fsp3) is 0.750. The lowest BCUT2D eigenvalue weighted by atomic mass is 10.3. The van der Waals surface area contributed by atoms with Crippen molar-refractivity contribution in [3.8, 4) is 0 Å². The Morgan fingerprint density at radius 3 is 2.60 bits per heavy atom. The summed E-state index contributed by atoms with van der Waals surface area (Å²) in [5, 5.41) is 3.01. The van der Waals surface area contributed by atoms with E-state index in [4.69, 9.17) is 0 Å². The maximum atomic E-state index is 11.8. The van der Waals surface area contributed by atoms with Gasteiger partial charge in [-0.05, 0) is 20.8 Å². The lowest BCUT2D eigenvalue weighted by Gasteiger charge is -2.06. The largest absolute Gasteiger partial charge is 0.308 e. The Kier molecular flexibility index (Phi) is 5.22. The summed E-state index contributed by atoms with van der Waals surface area (Å²) >= 11 is 0. The molecule has 1 atom stereocenters. The van der Waals surface area contributed by atoms with Gasteiger partial charge in [0.05, 0.1) is 0 Å². The van der Waals surface area contributed by atoms with E-state index in [9.17, 15) is 4.39 Å². The Balaban J connectivity index is 3.28. The van der Waals surface area contributed by atoms with Gasteiger partial charge in [-0.25, -0.2) is 4.39 Å². The van der Waals surface area contributed by atoms with Crippen molar-refractivity contribution < 1.29 is 4.39 Å². The van der Waals surface area contributed by atoms with Crippen LogP contribution in [-0.4, -0.2) is 19.3 Å². The molecule has 2 heteroatoms. The van der Waals surface area contributed by atoms with Crippen molar-refractivity contribution in [2.75, 3.05) is 13.2 Å². The van der Waals surface area contributed by atoms with Crippen LogP contribution in [0.1, 0.15) is 20.8 Å². The van der Waals surface area contributed by atoms with Gasteiger partial charge in [-0.15, -0.1) is 0 Å². The van der Waals surface area contributed by atoms with Crippen molar-refractivity contribution in [2.45, 2.75) is 26.8 Å². The molecule has 0 bridgehead atoms. The van der Waals surface area contributed by atoms with E-state index in [1.807, 2.05) is 26.8 Å². The predicted octanol–water partition coefficient (Wildman–Crippen LogP) is 1.90. The highest BCUT2D eigenvalue weighted by atomic mass is 19.1. The quantitative estimate of drug-likeness (QED) is 0.596. The molecule has 0 saturated carbocycles. The molecule has 0 rings (SSSR count). The van der Waals surface area contributed by atoms with Crippen LogP contribution >= 0.6 is 0 Å². The summed E-state index contributed by atoms with van der Waals surface area (Å²) in [6, 6.07) is -0.0180. The van der Waals surface area contributed by atoms with E-state index in [0.29, 0.717) is 0 Å². The van der Waals surface area contributed by atoms with Gasteiger partial charge in [-0.2, -0.15) is 0 Å². The van der Waals surface area contributed by atoms with E-state index >= 15 is 0 Å². The molecular formula is C8H16FN. The van der Waals surface area contributed by atoms with Crippen LogP contribution in [0, 0.1) is 0 Å². The van der Waals surface area contributed by atoms with Gasteiger partial charge in [-0.1, -0.05) is 11.6 Å². The molecule has 1 unspecified atom stereocenters. The monoisotopic (exact) mass is 145 g/mol. The van der Waals surface area contributed by atoms with E-state index in [1.54, 1.807) is 0 Å². The minimum atomic E-state index is -0.295. The van der Waals surface area contributed by atoms with Gasteiger partial charge < -0.3 is 5.32 Å². The van der Waals surface area contributed by atoms with Gasteiger partial charge in [0.2, 0.25) is 0 Å². The second kappa shape index (κ2) is 5.42. The van der Waals surface area contributed by atoms with Crippen molar-refractivity contribution in [1.29, 1.82) is 0 Å². The number of halogens is 1. The molecule has 0 aromatic heterocycles. The normalized spacial score (nSPS) is 12.8. The van der Waals surface area contributed by atoms with E-state index in [-0.39, 0.29) is 12.7 Å². The van der Waals surface area contributed by atoms with Crippen molar-refractivity contribution >= 4 is 0 Å². The van der Waals surface area contributed by atoms with Crippen LogP contribution in [-0.2, 0) is 0 Å². The average Bonchev–Trinajstić information content (AvgIpc) is 1.87. The smallest absolute Gasteiger partial charge is 0.104 e. The molecule has 0 radical (unpaired) electrons. The molecule has 0 amide bonds. The predicted molar refractivity (Wildman–Crippen MR) is 42.9 cm³/mol. The number of rotatable bonds is 4. The van der Waals surface area contributed by atoms with E-state index in [2.05, 4.69) is 5.32 Å². The summed E-state index contributed by atoms with van der Waals surface area (Å²) in [6.07, 6.45) is 2.05. The van der Waals surface area contributed by atoms with Gasteiger partial charge >= 0.3 is 0 Å². The Morgan fingerprint density at radius 1 is 1.60 bits per heavy atom. The maximum Gasteiger partial charge on any atom is 0.104 e. The molecule has 1 nitrogen and oxygen atoms in total. The van der Waals surface area contributed by atoms with Crippen molar-refractivity contribution in [1.82, 2.24) is 5.32 Å². The Morgan fingerprint density at radius 2 is 2.20 bits per heavy atom. The Labute approximate surface area is 62.3 Å². The number of alkyl halides is 1. The van der Waals surface area contributed by atoms with Crippen molar-refractivity contribution in [3.63, 3.8) is 0 Å². The lowest BCUT2D eigenvalue weighted by Crippen LogP contribution is -2.27. The SMILES string of the molecule is CC(C)=CCNC(C)CF. The van der Waals surface area contributed by atoms with E-state index < -0.39 is 0 Å². The first-order chi connectivity index (χ1) is 4.66. The first kappa shape index (κ1) is 9.63. The number of hydrogen-bond donors (Lipinski definition) is 1. The topological polar surface area (TPSA) is 12.0 Å². The third kappa shape index (κ3) is 5.76. The second-order valence-corrected chi connectivity index (χ2v) is 2.75. The third-order valence-corrected chi connectivity index (χ3v) is 1.21. The van der Waals surface area contributed by atoms with Crippen LogP contribution in [0.2, 0.25) is 0 Å². The van der Waals surface area contributed by atoms with Crippen LogP contribution in [0.3, 0.4) is 0 Å². The fourth-order valence-corrected chi connectivity index (χ4v) is 0.519. The minimum absolute atomic E-state index is 0.0180. The molecule has 0 aliphatic rings. The molecule has 0 aliphatic carbocycles. The molecule has 0 aromatic carbocycles. The summed E-state index contributed by atoms with van der Waals surface area (Å²) in [6.45, 7) is 6.37. The van der Waals surface area contributed by atoms with Crippen LogP contribution in [0.15, 0.2) is 11.6 Å². The summed E-state index contributed by atoms with van der Waals surface area (Å²) < 4.78 is 11.8. The standard InChI is InChI=1S/C8H16FN/c1-7(2)4-5-10-8(3)6-9/h4,8,10H,5-6H2,1-3H3. The highest BCUT2D eigenvalue weighted by Crippen LogP contribution is 1.87. The van der Waals surface area contributed by atoms with Crippen LogP contribution in [0.4, 0.5) is 4.39 Å². The van der Waals surface area contributed by atoms with E-state index in [0.717, 1.165) is 6.54 Å².